The molecule has 1 N–H and O–H groups in total. The van der Waals surface area contributed by atoms with Gasteiger partial charge in [0.1, 0.15) is 9.22 Å². The maximum atomic E-state index is 12.4. The highest BCUT2D eigenvalue weighted by atomic mass is 32.2. The third-order valence-electron chi connectivity index (χ3n) is 3.47. The summed E-state index contributed by atoms with van der Waals surface area (Å²) in [7, 11) is -3.48. The van der Waals surface area contributed by atoms with Gasteiger partial charge in [0.05, 0.1) is 5.69 Å². The van der Waals surface area contributed by atoms with E-state index in [9.17, 15) is 8.42 Å². The first-order chi connectivity index (χ1) is 11.5. The Hall–Kier alpha value is -1.61. The van der Waals surface area contributed by atoms with E-state index in [4.69, 9.17) is 0 Å². The predicted octanol–water partition coefficient (Wildman–Crippen LogP) is 3.62. The standard InChI is InChI=1S/C16H17N3O2S3/c1-3-13-6-7-15(22-13)24(20,21)18-10-14-11(2)19-16(23-14)12-5-4-8-17-9-12/h4-9,18H,3,10H2,1-2H3. The summed E-state index contributed by atoms with van der Waals surface area (Å²) < 4.78 is 27.8. The number of thiophene rings is 1. The molecule has 0 saturated carbocycles. The first-order valence-corrected chi connectivity index (χ1v) is 10.6. The van der Waals surface area contributed by atoms with Crippen molar-refractivity contribution in [3.8, 4) is 10.6 Å². The summed E-state index contributed by atoms with van der Waals surface area (Å²) in [5, 5.41) is 0.846. The number of nitrogens with one attached hydrogen (secondary N) is 1. The molecule has 0 unspecified atom stereocenters. The molecular formula is C16H17N3O2S3. The number of hydrogen-bond donors (Lipinski definition) is 1. The van der Waals surface area contributed by atoms with Crippen LogP contribution < -0.4 is 4.72 Å². The summed E-state index contributed by atoms with van der Waals surface area (Å²) >= 11 is 2.79. The first-order valence-electron chi connectivity index (χ1n) is 7.44. The minimum absolute atomic E-state index is 0.242. The number of pyridine rings is 1. The van der Waals surface area contributed by atoms with Gasteiger partial charge in [-0.2, -0.15) is 0 Å². The summed E-state index contributed by atoms with van der Waals surface area (Å²) in [5.74, 6) is 0. The quantitative estimate of drug-likeness (QED) is 0.710. The van der Waals surface area contributed by atoms with E-state index in [1.54, 1.807) is 18.5 Å². The van der Waals surface area contributed by atoms with Gasteiger partial charge in [-0.05, 0) is 37.6 Å². The lowest BCUT2D eigenvalue weighted by Gasteiger charge is -2.03. The second-order valence-electron chi connectivity index (χ2n) is 5.17. The van der Waals surface area contributed by atoms with Gasteiger partial charge in [0, 0.05) is 34.3 Å². The topological polar surface area (TPSA) is 72.0 Å². The number of thiazole rings is 1. The molecular weight excluding hydrogens is 362 g/mol. The van der Waals surface area contributed by atoms with Gasteiger partial charge >= 0.3 is 0 Å². The molecule has 0 fully saturated rings. The average molecular weight is 380 g/mol. The van der Waals surface area contributed by atoms with Gasteiger partial charge in [-0.1, -0.05) is 6.92 Å². The average Bonchev–Trinajstić information content (AvgIpc) is 3.21. The molecule has 8 heteroatoms. The van der Waals surface area contributed by atoms with Crippen molar-refractivity contribution in [3.05, 3.63) is 52.1 Å². The fourth-order valence-electron chi connectivity index (χ4n) is 2.13. The Morgan fingerprint density at radius 3 is 2.71 bits per heavy atom. The van der Waals surface area contributed by atoms with Gasteiger partial charge in [0.25, 0.3) is 0 Å². The van der Waals surface area contributed by atoms with Gasteiger partial charge < -0.3 is 0 Å². The summed E-state index contributed by atoms with van der Waals surface area (Å²) in [5.41, 5.74) is 1.77. The lowest BCUT2D eigenvalue weighted by Crippen LogP contribution is -2.22. The zero-order valence-corrected chi connectivity index (χ0v) is 15.8. The smallest absolute Gasteiger partial charge is 0.250 e. The summed E-state index contributed by atoms with van der Waals surface area (Å²) in [6.07, 6.45) is 4.30. The highest BCUT2D eigenvalue weighted by Crippen LogP contribution is 2.28. The van der Waals surface area contributed by atoms with Crippen LogP contribution in [0.2, 0.25) is 0 Å². The zero-order chi connectivity index (χ0) is 17.2. The fourth-order valence-corrected chi connectivity index (χ4v) is 5.55. The van der Waals surface area contributed by atoms with Crippen LogP contribution in [0.5, 0.6) is 0 Å². The molecule has 0 saturated heterocycles. The molecule has 0 aliphatic carbocycles. The molecule has 0 amide bonds. The Bertz CT molecular complexity index is 931. The van der Waals surface area contributed by atoms with Crippen molar-refractivity contribution in [2.75, 3.05) is 0 Å². The van der Waals surface area contributed by atoms with Crippen LogP contribution in [0.25, 0.3) is 10.6 Å². The lowest BCUT2D eigenvalue weighted by molar-refractivity contribution is 0.584. The van der Waals surface area contributed by atoms with Crippen LogP contribution in [0.1, 0.15) is 22.4 Å². The second kappa shape index (κ2) is 7.10. The second-order valence-corrected chi connectivity index (χ2v) is 9.41. The Balaban J connectivity index is 1.76. The molecule has 0 aliphatic rings. The number of aromatic nitrogens is 2. The van der Waals surface area contributed by atoms with E-state index in [-0.39, 0.29) is 6.54 Å². The number of nitrogens with zero attached hydrogens (tertiary/aromatic N) is 2. The van der Waals surface area contributed by atoms with Crippen LogP contribution >= 0.6 is 22.7 Å². The summed E-state index contributed by atoms with van der Waals surface area (Å²) in [6, 6.07) is 7.32. The van der Waals surface area contributed by atoms with Crippen LogP contribution in [0, 0.1) is 6.92 Å². The zero-order valence-electron chi connectivity index (χ0n) is 13.3. The van der Waals surface area contributed by atoms with Crippen LogP contribution in [0.3, 0.4) is 0 Å². The molecule has 24 heavy (non-hydrogen) atoms. The van der Waals surface area contributed by atoms with Crippen molar-refractivity contribution in [1.29, 1.82) is 0 Å². The third-order valence-corrected chi connectivity index (χ3v) is 7.80. The molecule has 0 aromatic carbocycles. The Morgan fingerprint density at radius 2 is 2.04 bits per heavy atom. The molecule has 0 spiro atoms. The molecule has 0 atom stereocenters. The molecule has 0 radical (unpaired) electrons. The SMILES string of the molecule is CCc1ccc(S(=O)(=O)NCc2sc(-c3cccnc3)nc2C)s1. The van der Waals surface area contributed by atoms with Gasteiger partial charge in [-0.15, -0.1) is 22.7 Å². The Kier molecular flexibility index (Phi) is 5.09. The first kappa shape index (κ1) is 17.2. The third kappa shape index (κ3) is 3.72. The van der Waals surface area contributed by atoms with Gasteiger partial charge in [-0.25, -0.2) is 18.1 Å². The summed E-state index contributed by atoms with van der Waals surface area (Å²) in [6.45, 7) is 4.14. The van der Waals surface area contributed by atoms with Crippen molar-refractivity contribution in [3.63, 3.8) is 0 Å². The maximum absolute atomic E-state index is 12.4. The number of aryl methyl sites for hydroxylation is 2. The van der Waals surface area contributed by atoms with Crippen molar-refractivity contribution >= 4 is 32.7 Å². The van der Waals surface area contributed by atoms with E-state index in [0.29, 0.717) is 4.21 Å². The van der Waals surface area contributed by atoms with Crippen LogP contribution in [0.4, 0.5) is 0 Å². The molecule has 0 bridgehead atoms. The van der Waals surface area contributed by atoms with E-state index in [1.165, 1.54) is 22.7 Å². The molecule has 0 aliphatic heterocycles. The van der Waals surface area contributed by atoms with Crippen LogP contribution in [-0.4, -0.2) is 18.4 Å². The number of rotatable bonds is 6. The van der Waals surface area contributed by atoms with Crippen molar-refractivity contribution in [2.45, 2.75) is 31.0 Å². The minimum atomic E-state index is -3.48. The van der Waals surface area contributed by atoms with Crippen molar-refractivity contribution < 1.29 is 8.42 Å². The molecule has 3 aromatic rings. The lowest BCUT2D eigenvalue weighted by atomic mass is 10.3. The largest absolute Gasteiger partial charge is 0.264 e. The van der Waals surface area contributed by atoms with E-state index in [0.717, 1.165) is 32.4 Å². The fraction of sp³-hybridized carbons (Fsp3) is 0.250. The van der Waals surface area contributed by atoms with Crippen molar-refractivity contribution in [2.24, 2.45) is 0 Å². The highest BCUT2D eigenvalue weighted by molar-refractivity contribution is 7.91. The van der Waals surface area contributed by atoms with Crippen molar-refractivity contribution in [1.82, 2.24) is 14.7 Å². The van der Waals surface area contributed by atoms with E-state index < -0.39 is 10.0 Å². The number of hydrogen-bond acceptors (Lipinski definition) is 6. The van der Waals surface area contributed by atoms with Crippen LogP contribution in [-0.2, 0) is 23.0 Å². The minimum Gasteiger partial charge on any atom is -0.264 e. The molecule has 3 aromatic heterocycles. The molecule has 3 heterocycles. The summed E-state index contributed by atoms with van der Waals surface area (Å²) in [4.78, 5) is 10.6. The molecule has 126 valence electrons. The van der Waals surface area contributed by atoms with E-state index >= 15 is 0 Å². The maximum Gasteiger partial charge on any atom is 0.250 e. The highest BCUT2D eigenvalue weighted by Gasteiger charge is 2.18. The normalized spacial score (nSPS) is 11.8. The van der Waals surface area contributed by atoms with Gasteiger partial charge in [0.2, 0.25) is 10.0 Å². The van der Waals surface area contributed by atoms with Crippen LogP contribution in [0.15, 0.2) is 40.9 Å². The Morgan fingerprint density at radius 1 is 1.21 bits per heavy atom. The van der Waals surface area contributed by atoms with Gasteiger partial charge in [-0.3, -0.25) is 4.98 Å². The van der Waals surface area contributed by atoms with E-state index in [2.05, 4.69) is 14.7 Å². The predicted molar refractivity (Wildman–Crippen MR) is 97.8 cm³/mol. The van der Waals surface area contributed by atoms with E-state index in [1.807, 2.05) is 32.0 Å². The Labute approximate surface area is 149 Å². The molecule has 3 rings (SSSR count). The monoisotopic (exact) mass is 379 g/mol. The molecule has 5 nitrogen and oxygen atoms in total. The van der Waals surface area contributed by atoms with Gasteiger partial charge in [0.15, 0.2) is 0 Å². The number of sulfonamides is 1.